The molecule has 90 valence electrons. The smallest absolute Gasteiger partial charge is 0.411 e. The SMILES string of the molecule is O=C(O)c1cnc(CCOCC(F)(F)F)[nH]1. The molecule has 0 aliphatic heterocycles. The highest BCUT2D eigenvalue weighted by atomic mass is 19.4. The first kappa shape index (κ1) is 12.5. The number of aromatic carboxylic acids is 1. The summed E-state index contributed by atoms with van der Waals surface area (Å²) in [5.41, 5.74) is -0.106. The van der Waals surface area contributed by atoms with E-state index in [2.05, 4.69) is 14.7 Å². The lowest BCUT2D eigenvalue weighted by Crippen LogP contribution is -2.18. The molecule has 0 fully saturated rings. The number of nitrogens with zero attached hydrogens (tertiary/aromatic N) is 1. The molecular weight excluding hydrogens is 229 g/mol. The van der Waals surface area contributed by atoms with Crippen LogP contribution in [0.5, 0.6) is 0 Å². The minimum Gasteiger partial charge on any atom is -0.477 e. The van der Waals surface area contributed by atoms with Gasteiger partial charge in [-0.05, 0) is 0 Å². The summed E-state index contributed by atoms with van der Waals surface area (Å²) >= 11 is 0. The Labute approximate surface area is 88.3 Å². The van der Waals surface area contributed by atoms with Crippen LogP contribution in [0.4, 0.5) is 13.2 Å². The van der Waals surface area contributed by atoms with Gasteiger partial charge in [0, 0.05) is 6.42 Å². The quantitative estimate of drug-likeness (QED) is 0.756. The number of imidazole rings is 1. The van der Waals surface area contributed by atoms with Gasteiger partial charge in [0.15, 0.2) is 0 Å². The Morgan fingerprint density at radius 3 is 2.75 bits per heavy atom. The van der Waals surface area contributed by atoms with E-state index in [9.17, 15) is 18.0 Å². The Balaban J connectivity index is 2.30. The molecule has 1 rings (SSSR count). The minimum atomic E-state index is -4.35. The maximum atomic E-state index is 11.7. The molecule has 0 saturated carbocycles. The van der Waals surface area contributed by atoms with Gasteiger partial charge in [0.25, 0.3) is 0 Å². The predicted molar refractivity (Wildman–Crippen MR) is 46.1 cm³/mol. The van der Waals surface area contributed by atoms with Crippen molar-refractivity contribution in [1.82, 2.24) is 9.97 Å². The molecule has 16 heavy (non-hydrogen) atoms. The van der Waals surface area contributed by atoms with E-state index in [0.29, 0.717) is 0 Å². The molecule has 1 aromatic rings. The third kappa shape index (κ3) is 4.30. The summed E-state index contributed by atoms with van der Waals surface area (Å²) in [7, 11) is 0. The Morgan fingerprint density at radius 1 is 1.56 bits per heavy atom. The number of halogens is 3. The van der Waals surface area contributed by atoms with Crippen LogP contribution < -0.4 is 0 Å². The van der Waals surface area contributed by atoms with Gasteiger partial charge >= 0.3 is 12.1 Å². The number of hydrogen-bond acceptors (Lipinski definition) is 3. The Bertz CT molecular complexity index is 362. The predicted octanol–water partition coefficient (Wildman–Crippen LogP) is 1.23. The molecule has 0 atom stereocenters. The summed E-state index contributed by atoms with van der Waals surface area (Å²) in [6.45, 7) is -1.49. The average molecular weight is 238 g/mol. The molecule has 2 N–H and O–H groups in total. The summed E-state index contributed by atoms with van der Waals surface area (Å²) in [4.78, 5) is 16.5. The number of alkyl halides is 3. The van der Waals surface area contributed by atoms with Crippen LogP contribution >= 0.6 is 0 Å². The highest BCUT2D eigenvalue weighted by Crippen LogP contribution is 2.14. The first-order valence-corrected chi connectivity index (χ1v) is 4.30. The van der Waals surface area contributed by atoms with Crippen molar-refractivity contribution in [2.24, 2.45) is 0 Å². The van der Waals surface area contributed by atoms with Crippen molar-refractivity contribution in [1.29, 1.82) is 0 Å². The molecule has 0 radical (unpaired) electrons. The van der Waals surface area contributed by atoms with Crippen LogP contribution in [-0.4, -0.2) is 40.4 Å². The number of hydrogen-bond donors (Lipinski definition) is 2. The average Bonchev–Trinajstić information content (AvgIpc) is 2.59. The van der Waals surface area contributed by atoms with E-state index in [4.69, 9.17) is 5.11 Å². The molecule has 0 amide bonds. The van der Waals surface area contributed by atoms with Crippen molar-refractivity contribution in [2.45, 2.75) is 12.6 Å². The molecule has 0 unspecified atom stereocenters. The fourth-order valence-electron chi connectivity index (χ4n) is 0.955. The molecule has 0 aliphatic rings. The second-order valence-electron chi connectivity index (χ2n) is 2.97. The Hall–Kier alpha value is -1.57. The van der Waals surface area contributed by atoms with Gasteiger partial charge in [-0.2, -0.15) is 13.2 Å². The fraction of sp³-hybridized carbons (Fsp3) is 0.500. The van der Waals surface area contributed by atoms with Gasteiger partial charge in [0.2, 0.25) is 0 Å². The molecule has 0 bridgehead atoms. The van der Waals surface area contributed by atoms with Crippen LogP contribution in [0.2, 0.25) is 0 Å². The van der Waals surface area contributed by atoms with Gasteiger partial charge < -0.3 is 14.8 Å². The number of carbonyl (C=O) groups is 1. The third-order valence-corrected chi connectivity index (χ3v) is 1.61. The minimum absolute atomic E-state index is 0.101. The number of aromatic nitrogens is 2. The van der Waals surface area contributed by atoms with Gasteiger partial charge in [-0.15, -0.1) is 0 Å². The summed E-state index contributed by atoms with van der Waals surface area (Å²) in [6.07, 6.45) is -3.15. The van der Waals surface area contributed by atoms with E-state index < -0.39 is 18.8 Å². The maximum Gasteiger partial charge on any atom is 0.411 e. The number of rotatable bonds is 5. The number of carboxylic acid groups (broad SMARTS) is 1. The monoisotopic (exact) mass is 238 g/mol. The molecule has 1 aromatic heterocycles. The maximum absolute atomic E-state index is 11.7. The number of ether oxygens (including phenoxy) is 1. The van der Waals surface area contributed by atoms with Crippen molar-refractivity contribution in [2.75, 3.05) is 13.2 Å². The van der Waals surface area contributed by atoms with E-state index in [1.807, 2.05) is 0 Å². The van der Waals surface area contributed by atoms with Gasteiger partial charge in [0.05, 0.1) is 12.8 Å². The summed E-state index contributed by atoms with van der Waals surface area (Å²) < 4.78 is 39.3. The number of aromatic amines is 1. The van der Waals surface area contributed by atoms with Crippen LogP contribution in [0.15, 0.2) is 6.20 Å². The van der Waals surface area contributed by atoms with Gasteiger partial charge in [-0.25, -0.2) is 9.78 Å². The lowest BCUT2D eigenvalue weighted by Gasteiger charge is -2.06. The van der Waals surface area contributed by atoms with Crippen LogP contribution in [0.1, 0.15) is 16.3 Å². The molecule has 0 saturated heterocycles. The second-order valence-corrected chi connectivity index (χ2v) is 2.97. The zero-order valence-corrected chi connectivity index (χ0v) is 8.04. The molecule has 5 nitrogen and oxygen atoms in total. The van der Waals surface area contributed by atoms with E-state index in [1.165, 1.54) is 0 Å². The van der Waals surface area contributed by atoms with Crippen molar-refractivity contribution < 1.29 is 27.8 Å². The third-order valence-electron chi connectivity index (χ3n) is 1.61. The Morgan fingerprint density at radius 2 is 2.25 bits per heavy atom. The lowest BCUT2D eigenvalue weighted by molar-refractivity contribution is -0.173. The van der Waals surface area contributed by atoms with Gasteiger partial charge in [-0.1, -0.05) is 0 Å². The highest BCUT2D eigenvalue weighted by Gasteiger charge is 2.27. The number of carboxylic acids is 1. The molecule has 1 heterocycles. The second kappa shape index (κ2) is 4.97. The molecular formula is C8H9F3N2O3. The van der Waals surface area contributed by atoms with Gasteiger partial charge in [-0.3, -0.25) is 0 Å². The number of H-pyrrole nitrogens is 1. The van der Waals surface area contributed by atoms with E-state index in [0.717, 1.165) is 6.20 Å². The number of nitrogens with one attached hydrogen (secondary N) is 1. The normalized spacial score (nSPS) is 11.7. The highest BCUT2D eigenvalue weighted by molar-refractivity contribution is 5.84. The standard InChI is InChI=1S/C8H9F3N2O3/c9-8(10,11)4-16-2-1-6-12-3-5(13-6)7(14)15/h3H,1-2,4H2,(H,12,13)(H,14,15). The van der Waals surface area contributed by atoms with E-state index >= 15 is 0 Å². The molecule has 0 aliphatic carbocycles. The van der Waals surface area contributed by atoms with Gasteiger partial charge in [0.1, 0.15) is 18.1 Å². The fourth-order valence-corrected chi connectivity index (χ4v) is 0.955. The molecule has 0 aromatic carbocycles. The van der Waals surface area contributed by atoms with Crippen molar-refractivity contribution >= 4 is 5.97 Å². The lowest BCUT2D eigenvalue weighted by atomic mass is 10.4. The van der Waals surface area contributed by atoms with Crippen LogP contribution in [0, 0.1) is 0 Å². The van der Waals surface area contributed by atoms with Crippen molar-refractivity contribution in [3.8, 4) is 0 Å². The van der Waals surface area contributed by atoms with Crippen molar-refractivity contribution in [3.63, 3.8) is 0 Å². The summed E-state index contributed by atoms with van der Waals surface area (Å²) in [5.74, 6) is -0.894. The zero-order chi connectivity index (χ0) is 12.2. The Kier molecular flexibility index (Phi) is 3.88. The van der Waals surface area contributed by atoms with Crippen LogP contribution in [-0.2, 0) is 11.2 Å². The molecule has 8 heteroatoms. The summed E-state index contributed by atoms with van der Waals surface area (Å²) in [6, 6.07) is 0. The first-order chi connectivity index (χ1) is 7.38. The van der Waals surface area contributed by atoms with Crippen LogP contribution in [0.3, 0.4) is 0 Å². The van der Waals surface area contributed by atoms with E-state index in [1.54, 1.807) is 0 Å². The zero-order valence-electron chi connectivity index (χ0n) is 8.04. The van der Waals surface area contributed by atoms with Crippen LogP contribution in [0.25, 0.3) is 0 Å². The topological polar surface area (TPSA) is 75.2 Å². The van der Waals surface area contributed by atoms with E-state index in [-0.39, 0.29) is 24.5 Å². The molecule has 0 spiro atoms. The first-order valence-electron chi connectivity index (χ1n) is 4.30. The summed E-state index contributed by atoms with van der Waals surface area (Å²) in [5, 5.41) is 8.53. The largest absolute Gasteiger partial charge is 0.477 e. The van der Waals surface area contributed by atoms with Crippen molar-refractivity contribution in [3.05, 3.63) is 17.7 Å².